The Hall–Kier alpha value is -1.50. The first-order chi connectivity index (χ1) is 6.20. The minimum Gasteiger partial charge on any atom is -0.398 e. The predicted molar refractivity (Wildman–Crippen MR) is 57.8 cm³/mol. The number of rotatable bonds is 0. The van der Waals surface area contributed by atoms with Crippen molar-refractivity contribution >= 4 is 16.5 Å². The Labute approximate surface area is 78.2 Å². The van der Waals surface area contributed by atoms with Crippen LogP contribution in [-0.2, 0) is 0 Å². The predicted octanol–water partition coefficient (Wildman–Crippen LogP) is 3.04. The molecule has 2 rings (SSSR count). The van der Waals surface area contributed by atoms with Crippen LogP contribution in [0.25, 0.3) is 10.8 Å². The van der Waals surface area contributed by atoms with Gasteiger partial charge in [0.1, 0.15) is 0 Å². The third-order valence-corrected chi connectivity index (χ3v) is 2.59. The first-order valence-electron chi connectivity index (χ1n) is 4.44. The smallest absolute Gasteiger partial charge is 0.0350 e. The van der Waals surface area contributed by atoms with Crippen LogP contribution in [0.5, 0.6) is 0 Å². The summed E-state index contributed by atoms with van der Waals surface area (Å²) in [7, 11) is 0. The van der Waals surface area contributed by atoms with Gasteiger partial charge in [0.15, 0.2) is 0 Å². The summed E-state index contributed by atoms with van der Waals surface area (Å²) in [5.74, 6) is 0. The number of hydrogen-bond donors (Lipinski definition) is 1. The molecule has 0 atom stereocenters. The largest absolute Gasteiger partial charge is 0.398 e. The van der Waals surface area contributed by atoms with E-state index in [1.165, 1.54) is 21.9 Å². The van der Waals surface area contributed by atoms with Gasteiger partial charge in [-0.2, -0.15) is 0 Å². The number of anilines is 1. The molecule has 0 aliphatic rings. The van der Waals surface area contributed by atoms with Crippen LogP contribution in [-0.4, -0.2) is 0 Å². The van der Waals surface area contributed by atoms with Gasteiger partial charge in [0, 0.05) is 5.69 Å². The molecule has 0 heterocycles. The summed E-state index contributed by atoms with van der Waals surface area (Å²) in [4.78, 5) is 0. The highest BCUT2D eigenvalue weighted by molar-refractivity contribution is 5.91. The Balaban J connectivity index is 2.94. The number of aryl methyl sites for hydroxylation is 2. The lowest BCUT2D eigenvalue weighted by Crippen LogP contribution is -1.90. The molecule has 66 valence electrons. The zero-order valence-electron chi connectivity index (χ0n) is 7.96. The average Bonchev–Trinajstić information content (AvgIpc) is 2.12. The summed E-state index contributed by atoms with van der Waals surface area (Å²) in [6.45, 7) is 4.19. The summed E-state index contributed by atoms with van der Waals surface area (Å²) >= 11 is 0. The average molecular weight is 171 g/mol. The van der Waals surface area contributed by atoms with Crippen LogP contribution in [0.15, 0.2) is 30.3 Å². The highest BCUT2D eigenvalue weighted by atomic mass is 14.6. The summed E-state index contributed by atoms with van der Waals surface area (Å²) in [5.41, 5.74) is 9.20. The van der Waals surface area contributed by atoms with E-state index in [-0.39, 0.29) is 0 Å². The van der Waals surface area contributed by atoms with Gasteiger partial charge in [0.25, 0.3) is 0 Å². The molecule has 0 saturated carbocycles. The Morgan fingerprint density at radius 3 is 2.46 bits per heavy atom. The zero-order valence-corrected chi connectivity index (χ0v) is 7.96. The highest BCUT2D eigenvalue weighted by Crippen LogP contribution is 2.25. The van der Waals surface area contributed by atoms with Crippen LogP contribution in [0.3, 0.4) is 0 Å². The standard InChI is InChI=1S/C12H13N/c1-8-4-3-5-11-9(2)12(13)7-6-10(8)11/h3-7H,13H2,1-2H3. The molecule has 0 aliphatic heterocycles. The first-order valence-corrected chi connectivity index (χ1v) is 4.44. The van der Waals surface area contributed by atoms with Crippen molar-refractivity contribution in [1.29, 1.82) is 0 Å². The van der Waals surface area contributed by atoms with Gasteiger partial charge < -0.3 is 5.73 Å². The minimum atomic E-state index is 0.873. The van der Waals surface area contributed by atoms with Crippen molar-refractivity contribution in [3.05, 3.63) is 41.5 Å². The van der Waals surface area contributed by atoms with Crippen LogP contribution in [0, 0.1) is 13.8 Å². The van der Waals surface area contributed by atoms with Gasteiger partial charge in [-0.1, -0.05) is 24.3 Å². The minimum absolute atomic E-state index is 0.873. The topological polar surface area (TPSA) is 26.0 Å². The van der Waals surface area contributed by atoms with Gasteiger partial charge in [-0.25, -0.2) is 0 Å². The van der Waals surface area contributed by atoms with E-state index in [9.17, 15) is 0 Å². The van der Waals surface area contributed by atoms with Crippen molar-refractivity contribution < 1.29 is 0 Å². The maximum absolute atomic E-state index is 5.84. The fraction of sp³-hybridized carbons (Fsp3) is 0.167. The summed E-state index contributed by atoms with van der Waals surface area (Å²) in [6, 6.07) is 10.4. The second-order valence-electron chi connectivity index (χ2n) is 3.45. The van der Waals surface area contributed by atoms with Gasteiger partial charge >= 0.3 is 0 Å². The Morgan fingerprint density at radius 1 is 0.923 bits per heavy atom. The van der Waals surface area contributed by atoms with Crippen molar-refractivity contribution in [2.75, 3.05) is 5.73 Å². The highest BCUT2D eigenvalue weighted by Gasteiger charge is 2.01. The van der Waals surface area contributed by atoms with Crippen molar-refractivity contribution in [2.45, 2.75) is 13.8 Å². The molecule has 2 N–H and O–H groups in total. The van der Waals surface area contributed by atoms with Crippen molar-refractivity contribution in [3.8, 4) is 0 Å². The summed E-state index contributed by atoms with van der Waals surface area (Å²) < 4.78 is 0. The van der Waals surface area contributed by atoms with E-state index >= 15 is 0 Å². The Kier molecular flexibility index (Phi) is 1.73. The first kappa shape index (κ1) is 8.11. The molecule has 0 amide bonds. The van der Waals surface area contributed by atoms with Crippen LogP contribution < -0.4 is 5.73 Å². The summed E-state index contributed by atoms with van der Waals surface area (Å²) in [5, 5.41) is 2.56. The maximum atomic E-state index is 5.84. The van der Waals surface area contributed by atoms with E-state index in [0.717, 1.165) is 5.69 Å². The van der Waals surface area contributed by atoms with Crippen molar-refractivity contribution in [2.24, 2.45) is 0 Å². The van der Waals surface area contributed by atoms with Gasteiger partial charge in [-0.3, -0.25) is 0 Å². The number of benzene rings is 2. The van der Waals surface area contributed by atoms with Crippen LogP contribution >= 0.6 is 0 Å². The van der Waals surface area contributed by atoms with Crippen molar-refractivity contribution in [3.63, 3.8) is 0 Å². The number of fused-ring (bicyclic) bond motifs is 1. The van der Waals surface area contributed by atoms with E-state index in [4.69, 9.17) is 5.73 Å². The van der Waals surface area contributed by atoms with E-state index in [2.05, 4.69) is 38.1 Å². The molecular formula is C12H13N. The fourth-order valence-electron chi connectivity index (χ4n) is 1.68. The molecule has 0 radical (unpaired) electrons. The van der Waals surface area contributed by atoms with E-state index in [1.54, 1.807) is 0 Å². The van der Waals surface area contributed by atoms with E-state index in [0.29, 0.717) is 0 Å². The molecule has 0 saturated heterocycles. The molecule has 0 spiro atoms. The normalized spacial score (nSPS) is 10.6. The molecule has 1 heteroatoms. The fourth-order valence-corrected chi connectivity index (χ4v) is 1.68. The van der Waals surface area contributed by atoms with Crippen LogP contribution in [0.2, 0.25) is 0 Å². The van der Waals surface area contributed by atoms with Crippen LogP contribution in [0.4, 0.5) is 5.69 Å². The molecule has 2 aromatic rings. The van der Waals surface area contributed by atoms with Gasteiger partial charge in [-0.05, 0) is 41.8 Å². The monoisotopic (exact) mass is 171 g/mol. The Bertz CT molecular complexity index is 458. The van der Waals surface area contributed by atoms with Gasteiger partial charge in [-0.15, -0.1) is 0 Å². The Morgan fingerprint density at radius 2 is 1.69 bits per heavy atom. The quantitative estimate of drug-likeness (QED) is 0.606. The van der Waals surface area contributed by atoms with Gasteiger partial charge in [0.2, 0.25) is 0 Å². The zero-order chi connectivity index (χ0) is 9.42. The molecule has 2 aromatic carbocycles. The lowest BCUT2D eigenvalue weighted by atomic mass is 10.0. The van der Waals surface area contributed by atoms with Gasteiger partial charge in [0.05, 0.1) is 0 Å². The second-order valence-corrected chi connectivity index (χ2v) is 3.45. The molecule has 1 nitrogen and oxygen atoms in total. The number of nitrogens with two attached hydrogens (primary N) is 1. The SMILES string of the molecule is Cc1cccc2c(C)c(N)ccc12. The molecule has 13 heavy (non-hydrogen) atoms. The van der Waals surface area contributed by atoms with Crippen LogP contribution in [0.1, 0.15) is 11.1 Å². The second kappa shape index (κ2) is 2.77. The molecule has 0 bridgehead atoms. The molecule has 0 fully saturated rings. The van der Waals surface area contributed by atoms with E-state index < -0.39 is 0 Å². The third-order valence-electron chi connectivity index (χ3n) is 2.59. The van der Waals surface area contributed by atoms with E-state index in [1.807, 2.05) is 6.07 Å². The molecule has 0 unspecified atom stereocenters. The summed E-state index contributed by atoms with van der Waals surface area (Å²) in [6.07, 6.45) is 0. The lowest BCUT2D eigenvalue weighted by Gasteiger charge is -2.07. The molecule has 0 aromatic heterocycles. The third kappa shape index (κ3) is 1.17. The maximum Gasteiger partial charge on any atom is 0.0350 e. The molecule has 0 aliphatic carbocycles. The lowest BCUT2D eigenvalue weighted by molar-refractivity contribution is 1.48. The molecular weight excluding hydrogens is 158 g/mol. The number of nitrogen functional groups attached to an aromatic ring is 1. The number of hydrogen-bond acceptors (Lipinski definition) is 1. The van der Waals surface area contributed by atoms with Crippen molar-refractivity contribution in [1.82, 2.24) is 0 Å².